The van der Waals surface area contributed by atoms with Crippen molar-refractivity contribution in [2.75, 3.05) is 6.54 Å². The van der Waals surface area contributed by atoms with Gasteiger partial charge >= 0.3 is 0 Å². The second-order valence-corrected chi connectivity index (χ2v) is 7.22. The molecule has 0 radical (unpaired) electrons. The quantitative estimate of drug-likeness (QED) is 0.784. The third kappa shape index (κ3) is 3.18. The van der Waals surface area contributed by atoms with Crippen LogP contribution in [0.2, 0.25) is 0 Å². The van der Waals surface area contributed by atoms with E-state index in [0.29, 0.717) is 11.5 Å². The van der Waals surface area contributed by atoms with Gasteiger partial charge < -0.3 is 9.67 Å². The molecule has 6 nitrogen and oxygen atoms in total. The molecular weight excluding hydrogens is 326 g/mol. The molecule has 0 saturated heterocycles. The summed E-state index contributed by atoms with van der Waals surface area (Å²) in [5.41, 5.74) is 5.83. The fraction of sp³-hybridized carbons (Fsp3) is 0.400. The number of aryl methyl sites for hydroxylation is 3. The number of hydrogen-bond acceptors (Lipinski definition) is 4. The summed E-state index contributed by atoms with van der Waals surface area (Å²) in [5.74, 6) is 0.618. The van der Waals surface area contributed by atoms with Crippen molar-refractivity contribution in [3.63, 3.8) is 0 Å². The first-order chi connectivity index (χ1) is 12.5. The molecule has 136 valence electrons. The van der Waals surface area contributed by atoms with Crippen molar-refractivity contribution in [2.24, 2.45) is 7.05 Å². The summed E-state index contributed by atoms with van der Waals surface area (Å²) in [5, 5.41) is 15.2. The Morgan fingerprint density at radius 2 is 2.04 bits per heavy atom. The lowest BCUT2D eigenvalue weighted by Crippen LogP contribution is -2.33. The first-order valence-electron chi connectivity index (χ1n) is 9.01. The van der Waals surface area contributed by atoms with Crippen molar-refractivity contribution in [3.8, 4) is 0 Å². The second kappa shape index (κ2) is 6.70. The molecule has 26 heavy (non-hydrogen) atoms. The minimum atomic E-state index is -0.791. The van der Waals surface area contributed by atoms with Gasteiger partial charge in [-0.15, -0.1) is 0 Å². The van der Waals surface area contributed by atoms with Crippen LogP contribution in [0.1, 0.15) is 40.0 Å². The maximum absolute atomic E-state index is 10.6. The van der Waals surface area contributed by atoms with E-state index >= 15 is 0 Å². The first kappa shape index (κ1) is 17.0. The zero-order valence-corrected chi connectivity index (χ0v) is 15.6. The van der Waals surface area contributed by atoms with Crippen LogP contribution in [-0.2, 0) is 26.7 Å². The molecule has 3 heterocycles. The van der Waals surface area contributed by atoms with Gasteiger partial charge in [-0.3, -0.25) is 9.58 Å². The van der Waals surface area contributed by atoms with E-state index in [1.165, 1.54) is 16.7 Å². The van der Waals surface area contributed by atoms with Crippen LogP contribution < -0.4 is 0 Å². The third-order valence-corrected chi connectivity index (χ3v) is 5.18. The number of aromatic nitrogens is 4. The summed E-state index contributed by atoms with van der Waals surface area (Å²) in [7, 11) is 1.88. The Morgan fingerprint density at radius 3 is 2.81 bits per heavy atom. The van der Waals surface area contributed by atoms with Gasteiger partial charge in [-0.2, -0.15) is 5.10 Å². The molecule has 3 aromatic rings. The smallest absolute Gasteiger partial charge is 0.155 e. The van der Waals surface area contributed by atoms with Gasteiger partial charge in [-0.1, -0.05) is 23.8 Å². The molecule has 1 aliphatic heterocycles. The zero-order valence-electron chi connectivity index (χ0n) is 15.6. The summed E-state index contributed by atoms with van der Waals surface area (Å²) in [4.78, 5) is 6.68. The standard InChI is InChI=1S/C20H25N5O/c1-14-4-5-15(2)16(10-14)12-24-8-9-25-17(13-24)11-18(22-25)19(26)20-21-6-7-23(20)3/h4-7,10-11,19,26H,8-9,12-13H2,1-3H3. The van der Waals surface area contributed by atoms with E-state index in [1.807, 2.05) is 28.6 Å². The Balaban J connectivity index is 1.52. The summed E-state index contributed by atoms with van der Waals surface area (Å²) in [6.45, 7) is 7.89. The van der Waals surface area contributed by atoms with Crippen LogP contribution in [0.3, 0.4) is 0 Å². The fourth-order valence-corrected chi connectivity index (χ4v) is 3.60. The van der Waals surface area contributed by atoms with Crippen LogP contribution in [-0.4, -0.2) is 35.9 Å². The maximum atomic E-state index is 10.6. The molecule has 0 amide bonds. The number of aliphatic hydroxyl groups is 1. The molecule has 0 fully saturated rings. The van der Waals surface area contributed by atoms with Crippen molar-refractivity contribution in [1.29, 1.82) is 0 Å². The van der Waals surface area contributed by atoms with Crippen LogP contribution in [0.4, 0.5) is 0 Å². The van der Waals surface area contributed by atoms with E-state index in [0.717, 1.165) is 31.9 Å². The summed E-state index contributed by atoms with van der Waals surface area (Å²) in [6.07, 6.45) is 2.74. The molecule has 1 aromatic carbocycles. The van der Waals surface area contributed by atoms with Gasteiger partial charge in [0.25, 0.3) is 0 Å². The lowest BCUT2D eigenvalue weighted by Gasteiger charge is -2.28. The summed E-state index contributed by atoms with van der Waals surface area (Å²) < 4.78 is 3.84. The average Bonchev–Trinajstić information content (AvgIpc) is 3.23. The highest BCUT2D eigenvalue weighted by atomic mass is 16.3. The van der Waals surface area contributed by atoms with Crippen molar-refractivity contribution >= 4 is 0 Å². The lowest BCUT2D eigenvalue weighted by atomic mass is 10.0. The molecule has 1 unspecified atom stereocenters. The number of rotatable bonds is 4. The molecule has 0 aliphatic carbocycles. The van der Waals surface area contributed by atoms with Crippen LogP contribution in [0.25, 0.3) is 0 Å². The zero-order chi connectivity index (χ0) is 18.3. The van der Waals surface area contributed by atoms with Gasteiger partial charge in [0, 0.05) is 39.1 Å². The van der Waals surface area contributed by atoms with Gasteiger partial charge in [-0.05, 0) is 31.0 Å². The number of hydrogen-bond donors (Lipinski definition) is 1. The predicted molar refractivity (Wildman–Crippen MR) is 99.5 cm³/mol. The van der Waals surface area contributed by atoms with E-state index in [-0.39, 0.29) is 0 Å². The second-order valence-electron chi connectivity index (χ2n) is 7.22. The van der Waals surface area contributed by atoms with Crippen LogP contribution in [0.5, 0.6) is 0 Å². The van der Waals surface area contributed by atoms with E-state index in [9.17, 15) is 5.11 Å². The molecular formula is C20H25N5O. The Hall–Kier alpha value is -2.44. The number of aliphatic hydroxyl groups excluding tert-OH is 1. The number of benzene rings is 1. The highest BCUT2D eigenvalue weighted by Crippen LogP contribution is 2.23. The largest absolute Gasteiger partial charge is 0.379 e. The molecule has 1 N–H and O–H groups in total. The van der Waals surface area contributed by atoms with Gasteiger partial charge in [0.1, 0.15) is 5.82 Å². The predicted octanol–water partition coefficient (Wildman–Crippen LogP) is 2.33. The highest BCUT2D eigenvalue weighted by Gasteiger charge is 2.24. The van der Waals surface area contributed by atoms with Gasteiger partial charge in [0.05, 0.1) is 17.9 Å². The summed E-state index contributed by atoms with van der Waals surface area (Å²) >= 11 is 0. The van der Waals surface area contributed by atoms with Crippen LogP contribution in [0.15, 0.2) is 36.7 Å². The van der Waals surface area contributed by atoms with Gasteiger partial charge in [0.2, 0.25) is 0 Å². The van der Waals surface area contributed by atoms with E-state index in [2.05, 4.69) is 47.0 Å². The molecule has 0 spiro atoms. The van der Waals surface area contributed by atoms with E-state index < -0.39 is 6.10 Å². The molecule has 0 saturated carbocycles. The molecule has 4 rings (SSSR count). The maximum Gasteiger partial charge on any atom is 0.155 e. The third-order valence-electron chi connectivity index (χ3n) is 5.18. The highest BCUT2D eigenvalue weighted by molar-refractivity contribution is 5.30. The van der Waals surface area contributed by atoms with E-state index in [1.54, 1.807) is 6.20 Å². The van der Waals surface area contributed by atoms with Crippen molar-refractivity contribution in [1.82, 2.24) is 24.2 Å². The number of imidazole rings is 1. The normalized spacial score (nSPS) is 15.8. The molecule has 6 heteroatoms. The lowest BCUT2D eigenvalue weighted by molar-refractivity contribution is 0.194. The van der Waals surface area contributed by atoms with Crippen LogP contribution >= 0.6 is 0 Å². The number of fused-ring (bicyclic) bond motifs is 1. The Kier molecular flexibility index (Phi) is 4.38. The SMILES string of the molecule is Cc1ccc(C)c(CN2CCn3nc(C(O)c4nccn4C)cc3C2)c1. The summed E-state index contributed by atoms with van der Waals surface area (Å²) in [6, 6.07) is 8.64. The van der Waals surface area contributed by atoms with Crippen molar-refractivity contribution in [3.05, 3.63) is 70.6 Å². The van der Waals surface area contributed by atoms with Gasteiger partial charge in [0.15, 0.2) is 6.10 Å². The van der Waals surface area contributed by atoms with Gasteiger partial charge in [-0.25, -0.2) is 4.98 Å². The monoisotopic (exact) mass is 351 g/mol. The average molecular weight is 351 g/mol. The minimum Gasteiger partial charge on any atom is -0.379 e. The fourth-order valence-electron chi connectivity index (χ4n) is 3.60. The van der Waals surface area contributed by atoms with Crippen LogP contribution in [0, 0.1) is 13.8 Å². The molecule has 1 aliphatic rings. The topological polar surface area (TPSA) is 59.1 Å². The van der Waals surface area contributed by atoms with Crippen molar-refractivity contribution in [2.45, 2.75) is 39.6 Å². The van der Waals surface area contributed by atoms with E-state index in [4.69, 9.17) is 0 Å². The number of nitrogens with zero attached hydrogens (tertiary/aromatic N) is 5. The Labute approximate surface area is 153 Å². The minimum absolute atomic E-state index is 0.618. The Morgan fingerprint density at radius 1 is 1.19 bits per heavy atom. The molecule has 0 bridgehead atoms. The molecule has 1 atom stereocenters. The van der Waals surface area contributed by atoms with Crippen molar-refractivity contribution < 1.29 is 5.11 Å². The Bertz CT molecular complexity index is 926. The first-order valence-corrected chi connectivity index (χ1v) is 9.01. The molecule has 2 aromatic heterocycles.